The number of carbonyl (C=O) groups is 2. The summed E-state index contributed by atoms with van der Waals surface area (Å²) in [5, 5.41) is 17.8. The van der Waals surface area contributed by atoms with Crippen molar-refractivity contribution >= 4 is 57.4 Å². The predicted molar refractivity (Wildman–Crippen MR) is 240 cm³/mol. The van der Waals surface area contributed by atoms with E-state index in [1.807, 2.05) is 6.07 Å². The number of nitriles is 1. The minimum atomic E-state index is -0.703. The molecule has 2 atom stereocenters. The van der Waals surface area contributed by atoms with Gasteiger partial charge in [-0.2, -0.15) is 10.4 Å². The van der Waals surface area contributed by atoms with E-state index in [0.717, 1.165) is 76.6 Å². The number of aromatic nitrogens is 4. The van der Waals surface area contributed by atoms with E-state index in [1.165, 1.54) is 35.2 Å². The summed E-state index contributed by atoms with van der Waals surface area (Å²) in [6, 6.07) is 12.6. The number of benzene rings is 3. The number of hydrogen-bond donors (Lipinski definition) is 2. The highest BCUT2D eigenvalue weighted by atomic mass is 32.2. The molecule has 3 aromatic carbocycles. The third-order valence-corrected chi connectivity index (χ3v) is 15.0. The molecule has 2 N–H and O–H groups in total. The first-order valence-electron chi connectivity index (χ1n) is 22.3. The number of likely N-dealkylation sites (tertiary alicyclic amines) is 1. The van der Waals surface area contributed by atoms with Crippen molar-refractivity contribution in [1.82, 2.24) is 33.9 Å². The third-order valence-electron chi connectivity index (χ3n) is 14.1. The number of hydrogen-bond acceptors (Lipinski definition) is 13. The molecule has 5 aliphatic rings. The molecule has 4 aliphatic heterocycles. The molecular weight excluding hydrogens is 859 g/mol. The van der Waals surface area contributed by atoms with Crippen LogP contribution in [-0.4, -0.2) is 105 Å². The van der Waals surface area contributed by atoms with Crippen molar-refractivity contribution < 1.29 is 32.6 Å². The van der Waals surface area contributed by atoms with Crippen molar-refractivity contribution in [1.29, 1.82) is 5.26 Å². The Hall–Kier alpha value is -5.65. The van der Waals surface area contributed by atoms with Gasteiger partial charge in [-0.05, 0) is 105 Å². The molecular formula is C46H50F2N10O6S. The number of nitrogens with zero attached hydrogens (tertiary/aromatic N) is 8. The van der Waals surface area contributed by atoms with E-state index in [9.17, 15) is 19.6 Å². The molecule has 16 nitrogen and oxygen atoms in total. The molecule has 5 aromatic rings. The average Bonchev–Trinajstić information content (AvgIpc) is 4.04. The SMILES string of the molecule is COC1CCN(SNc2ccc(F)c(Oc3ccc4ncn(C5COC6(CCN(C7CCC(c8cc9c(cc8F)c(N8CCC(=O)NC8=O)nn9C)CC7)CC6)C5)c(=O)c4c3)c2C#N)C1. The zero-order valence-corrected chi connectivity index (χ0v) is 37.0. The molecule has 6 heterocycles. The summed E-state index contributed by atoms with van der Waals surface area (Å²) in [5.74, 6) is -0.964. The molecule has 19 heteroatoms. The molecule has 10 rings (SSSR count). The number of aryl methyl sites for hydroxylation is 1. The molecule has 1 saturated carbocycles. The summed E-state index contributed by atoms with van der Waals surface area (Å²) in [6.45, 7) is 3.82. The maximum Gasteiger partial charge on any atom is 0.329 e. The maximum atomic E-state index is 15.8. The van der Waals surface area contributed by atoms with E-state index >= 15 is 8.78 Å². The number of ether oxygens (including phenoxy) is 3. The molecule has 5 fully saturated rings. The zero-order chi connectivity index (χ0) is 45.0. The molecule has 0 bridgehead atoms. The highest BCUT2D eigenvalue weighted by Gasteiger charge is 2.45. The summed E-state index contributed by atoms with van der Waals surface area (Å²) in [4.78, 5) is 46.9. The van der Waals surface area contributed by atoms with Gasteiger partial charge in [-0.25, -0.2) is 22.9 Å². The van der Waals surface area contributed by atoms with E-state index in [-0.39, 0.29) is 71.0 Å². The van der Waals surface area contributed by atoms with Gasteiger partial charge in [-0.1, -0.05) is 0 Å². The third kappa shape index (κ3) is 8.31. The number of fused-ring (bicyclic) bond motifs is 2. The molecule has 340 valence electrons. The van der Waals surface area contributed by atoms with Crippen LogP contribution in [0.15, 0.2) is 53.6 Å². The predicted octanol–water partition coefficient (Wildman–Crippen LogP) is 6.89. The largest absolute Gasteiger partial charge is 0.453 e. The first-order chi connectivity index (χ1) is 31.5. The van der Waals surface area contributed by atoms with Gasteiger partial charge in [-0.3, -0.25) is 29.1 Å². The van der Waals surface area contributed by atoms with Gasteiger partial charge >= 0.3 is 6.03 Å². The summed E-state index contributed by atoms with van der Waals surface area (Å²) in [5.41, 5.74) is 1.69. The highest BCUT2D eigenvalue weighted by Crippen LogP contribution is 2.44. The Morgan fingerprint density at radius 3 is 2.54 bits per heavy atom. The number of halogens is 2. The van der Waals surface area contributed by atoms with Crippen molar-refractivity contribution in [3.05, 3.63) is 81.9 Å². The first kappa shape index (κ1) is 43.3. The second-order valence-corrected chi connectivity index (χ2v) is 18.8. The van der Waals surface area contributed by atoms with Crippen LogP contribution in [0.4, 0.5) is 25.1 Å². The standard InChI is InChI=1S/C46H50F2N10O6S/c1-54-40-21-32(37(48)20-34(40)43(52-54)57-16-12-41(59)51-45(57)61)27-3-5-28(6-4-27)55-17-13-46(14-18-55)22-29(25-63-46)58-26-50-38-9-7-30(19-33(38)44(58)60)64-42-35(23-49)39(10-8-36(42)47)53-65-56-15-11-31(24-56)62-2/h7-10,19-21,26-29,31,53H,3-6,11-18,22,24-25H2,1-2H3,(H,51,59,61). The van der Waals surface area contributed by atoms with E-state index in [4.69, 9.17) is 14.2 Å². The molecule has 0 radical (unpaired) electrons. The van der Waals surface area contributed by atoms with Gasteiger partial charge in [-0.15, -0.1) is 0 Å². The van der Waals surface area contributed by atoms with E-state index < -0.39 is 11.8 Å². The number of imide groups is 1. The summed E-state index contributed by atoms with van der Waals surface area (Å²) < 4.78 is 57.6. The minimum absolute atomic E-state index is 0.00790. The van der Waals surface area contributed by atoms with Gasteiger partial charge in [0, 0.05) is 76.9 Å². The number of piperidine rings is 1. The van der Waals surface area contributed by atoms with Gasteiger partial charge in [0.2, 0.25) is 5.91 Å². The average molecular weight is 909 g/mol. The zero-order valence-electron chi connectivity index (χ0n) is 36.2. The number of anilines is 2. The molecule has 1 spiro atoms. The minimum Gasteiger partial charge on any atom is -0.453 e. The first-order valence-corrected chi connectivity index (χ1v) is 23.0. The monoisotopic (exact) mass is 908 g/mol. The van der Waals surface area contributed by atoms with Crippen LogP contribution >= 0.6 is 12.1 Å². The number of rotatable bonds is 10. The molecule has 2 unspecified atom stereocenters. The Bertz CT molecular complexity index is 2780. The molecule has 3 amide bonds. The van der Waals surface area contributed by atoms with Crippen molar-refractivity contribution in [2.75, 3.05) is 56.1 Å². The molecule has 1 aliphatic carbocycles. The van der Waals surface area contributed by atoms with Gasteiger partial charge in [0.1, 0.15) is 23.2 Å². The van der Waals surface area contributed by atoms with Crippen LogP contribution in [0.3, 0.4) is 0 Å². The van der Waals surface area contributed by atoms with Gasteiger partial charge in [0.25, 0.3) is 5.56 Å². The van der Waals surface area contributed by atoms with Gasteiger partial charge in [0.15, 0.2) is 17.4 Å². The van der Waals surface area contributed by atoms with E-state index in [1.54, 1.807) is 47.9 Å². The lowest BCUT2D eigenvalue weighted by molar-refractivity contribution is -0.120. The van der Waals surface area contributed by atoms with Crippen molar-refractivity contribution in [3.63, 3.8) is 0 Å². The van der Waals surface area contributed by atoms with Gasteiger partial charge in [0.05, 0.1) is 52.8 Å². The maximum absolute atomic E-state index is 15.8. The highest BCUT2D eigenvalue weighted by molar-refractivity contribution is 7.98. The smallest absolute Gasteiger partial charge is 0.329 e. The van der Waals surface area contributed by atoms with Crippen molar-refractivity contribution in [3.8, 4) is 17.6 Å². The van der Waals surface area contributed by atoms with Crippen LogP contribution in [0, 0.1) is 23.0 Å². The Morgan fingerprint density at radius 1 is 0.969 bits per heavy atom. The molecule has 2 aromatic heterocycles. The summed E-state index contributed by atoms with van der Waals surface area (Å²) in [7, 11) is 3.47. The fraction of sp³-hybridized carbons (Fsp3) is 0.478. The van der Waals surface area contributed by atoms with Crippen LogP contribution in [0.2, 0.25) is 0 Å². The normalized spacial score (nSPS) is 24.0. The quantitative estimate of drug-likeness (QED) is 0.139. The molecule has 4 saturated heterocycles. The van der Waals surface area contributed by atoms with Crippen LogP contribution < -0.4 is 25.2 Å². The van der Waals surface area contributed by atoms with Crippen LogP contribution in [0.1, 0.15) is 80.9 Å². The number of nitrogens with one attached hydrogen (secondary N) is 2. The second kappa shape index (κ2) is 17.6. The van der Waals surface area contributed by atoms with Crippen LogP contribution in [0.5, 0.6) is 11.5 Å². The lowest BCUT2D eigenvalue weighted by atomic mass is 9.79. The van der Waals surface area contributed by atoms with Gasteiger partial charge < -0.3 is 23.8 Å². The Labute approximate surface area is 378 Å². The van der Waals surface area contributed by atoms with Crippen molar-refractivity contribution in [2.24, 2.45) is 7.05 Å². The Morgan fingerprint density at radius 2 is 1.78 bits per heavy atom. The summed E-state index contributed by atoms with van der Waals surface area (Å²) in [6.07, 6.45) is 8.69. The van der Waals surface area contributed by atoms with E-state index in [2.05, 4.69) is 35.4 Å². The van der Waals surface area contributed by atoms with Crippen molar-refractivity contribution in [2.45, 2.75) is 87.5 Å². The summed E-state index contributed by atoms with van der Waals surface area (Å²) >= 11 is 1.32. The number of methoxy groups -OCH3 is 1. The Balaban J connectivity index is 0.763. The topological polar surface area (TPSA) is 172 Å². The molecule has 65 heavy (non-hydrogen) atoms. The van der Waals surface area contributed by atoms with E-state index in [0.29, 0.717) is 52.4 Å². The van der Waals surface area contributed by atoms with Crippen LogP contribution in [-0.2, 0) is 21.3 Å². The number of amides is 3. The number of carbonyl (C=O) groups excluding carboxylic acids is 2. The second-order valence-electron chi connectivity index (χ2n) is 17.9. The fourth-order valence-electron chi connectivity index (χ4n) is 10.4. The lowest BCUT2D eigenvalue weighted by Gasteiger charge is -2.44. The Kier molecular flexibility index (Phi) is 11.7. The number of urea groups is 1. The van der Waals surface area contributed by atoms with Crippen LogP contribution in [0.25, 0.3) is 21.8 Å². The lowest BCUT2D eigenvalue weighted by Crippen LogP contribution is -2.49. The fourth-order valence-corrected chi connectivity index (χ4v) is 11.3.